The third-order valence-corrected chi connectivity index (χ3v) is 1.81. The molecule has 1 aromatic carbocycles. The molecule has 0 saturated heterocycles. The van der Waals surface area contributed by atoms with E-state index in [-0.39, 0.29) is 0 Å². The maximum absolute atomic E-state index is 5.13. The Morgan fingerprint density at radius 2 is 2.15 bits per heavy atom. The molecule has 0 aliphatic heterocycles. The average Bonchev–Trinajstić information content (AvgIpc) is 2.20. The van der Waals surface area contributed by atoms with Crippen LogP contribution in [0, 0.1) is 0 Å². The summed E-state index contributed by atoms with van der Waals surface area (Å²) in [6, 6.07) is 7.85. The molecule has 0 unspecified atom stereocenters. The molecular weight excluding hydrogens is 162 g/mol. The molecule has 1 rings (SSSR count). The maximum atomic E-state index is 5.13. The Bertz CT molecular complexity index is 329. The van der Waals surface area contributed by atoms with Gasteiger partial charge in [-0.3, -0.25) is 4.99 Å². The summed E-state index contributed by atoms with van der Waals surface area (Å²) in [6.45, 7) is 3.73. The Morgan fingerprint density at radius 1 is 1.46 bits per heavy atom. The maximum Gasteiger partial charge on any atom is 0.216 e. The van der Waals surface area contributed by atoms with Crippen molar-refractivity contribution in [2.45, 2.75) is 0 Å². The van der Waals surface area contributed by atoms with E-state index in [1.165, 1.54) is 0 Å². The number of hydrogen-bond acceptors (Lipinski definition) is 2. The fourth-order valence-corrected chi connectivity index (χ4v) is 1.19. The van der Waals surface area contributed by atoms with Gasteiger partial charge in [0.25, 0.3) is 0 Å². The highest BCUT2D eigenvalue weighted by Gasteiger charge is 2.04. The van der Waals surface area contributed by atoms with Gasteiger partial charge in [-0.05, 0) is 11.6 Å². The lowest BCUT2D eigenvalue weighted by molar-refractivity contribution is 0.404. The number of hydrogen-bond donors (Lipinski definition) is 0. The second-order valence-electron chi connectivity index (χ2n) is 2.52. The number of ether oxygens (including phenoxy) is 1. The van der Waals surface area contributed by atoms with Gasteiger partial charge < -0.3 is 4.74 Å². The lowest BCUT2D eigenvalue weighted by Crippen LogP contribution is -2.04. The van der Waals surface area contributed by atoms with Gasteiger partial charge in [0.1, 0.15) is 0 Å². The lowest BCUT2D eigenvalue weighted by atomic mass is 10.1. The minimum absolute atomic E-state index is 0.635. The van der Waals surface area contributed by atoms with Gasteiger partial charge in [-0.25, -0.2) is 0 Å². The highest BCUT2D eigenvalue weighted by molar-refractivity contribution is 5.97. The van der Waals surface area contributed by atoms with Crippen LogP contribution in [0.15, 0.2) is 35.8 Å². The average molecular weight is 175 g/mol. The van der Waals surface area contributed by atoms with Crippen LogP contribution in [0.25, 0.3) is 6.08 Å². The van der Waals surface area contributed by atoms with Crippen LogP contribution in [0.4, 0.5) is 0 Å². The van der Waals surface area contributed by atoms with Gasteiger partial charge in [-0.15, -0.1) is 0 Å². The van der Waals surface area contributed by atoms with E-state index >= 15 is 0 Å². The van der Waals surface area contributed by atoms with Crippen LogP contribution < -0.4 is 0 Å². The normalized spacial score (nSPS) is 11.1. The van der Waals surface area contributed by atoms with Crippen molar-refractivity contribution in [1.29, 1.82) is 0 Å². The summed E-state index contributed by atoms with van der Waals surface area (Å²) in [6.07, 6.45) is 1.79. The minimum Gasteiger partial charge on any atom is -0.481 e. The Kier molecular flexibility index (Phi) is 3.26. The highest BCUT2D eigenvalue weighted by Crippen LogP contribution is 2.11. The van der Waals surface area contributed by atoms with Crippen LogP contribution in [-0.2, 0) is 4.74 Å². The highest BCUT2D eigenvalue weighted by atomic mass is 16.5. The summed E-state index contributed by atoms with van der Waals surface area (Å²) in [5.41, 5.74) is 2.01. The monoisotopic (exact) mass is 175 g/mol. The predicted molar refractivity (Wildman–Crippen MR) is 56.0 cm³/mol. The lowest BCUT2D eigenvalue weighted by Gasteiger charge is -2.06. The molecule has 0 aliphatic carbocycles. The number of aliphatic imine (C=N–C) groups is 1. The standard InChI is InChI=1S/C11H13NO/c1-4-9-7-5-6-8-10(9)11(12-2)13-3/h4-8H,1H2,2-3H3. The molecular formula is C11H13NO. The summed E-state index contributed by atoms with van der Waals surface area (Å²) in [5.74, 6) is 0.635. The first-order valence-electron chi connectivity index (χ1n) is 4.06. The van der Waals surface area contributed by atoms with E-state index in [2.05, 4.69) is 11.6 Å². The topological polar surface area (TPSA) is 21.6 Å². The molecule has 1 aromatic rings. The zero-order valence-corrected chi connectivity index (χ0v) is 7.95. The fraction of sp³-hybridized carbons (Fsp3) is 0.182. The second-order valence-corrected chi connectivity index (χ2v) is 2.52. The smallest absolute Gasteiger partial charge is 0.216 e. The largest absolute Gasteiger partial charge is 0.481 e. The van der Waals surface area contributed by atoms with Crippen LogP contribution in [0.2, 0.25) is 0 Å². The molecule has 0 fully saturated rings. The van der Waals surface area contributed by atoms with E-state index in [0.717, 1.165) is 11.1 Å². The first kappa shape index (κ1) is 9.52. The molecule has 0 aliphatic rings. The quantitative estimate of drug-likeness (QED) is 0.499. The summed E-state index contributed by atoms with van der Waals surface area (Å²) in [4.78, 5) is 4.03. The number of methoxy groups -OCH3 is 1. The van der Waals surface area contributed by atoms with Crippen molar-refractivity contribution in [2.24, 2.45) is 4.99 Å². The SMILES string of the molecule is C=Cc1ccccc1C(=NC)OC. The van der Waals surface area contributed by atoms with Crippen molar-refractivity contribution in [2.75, 3.05) is 14.2 Å². The molecule has 68 valence electrons. The number of rotatable bonds is 2. The Balaban J connectivity index is 3.19. The third kappa shape index (κ3) is 1.96. The van der Waals surface area contributed by atoms with E-state index in [0.29, 0.717) is 5.90 Å². The van der Waals surface area contributed by atoms with Gasteiger partial charge in [0, 0.05) is 12.6 Å². The molecule has 0 heterocycles. The zero-order valence-electron chi connectivity index (χ0n) is 7.95. The van der Waals surface area contributed by atoms with Crippen molar-refractivity contribution in [3.8, 4) is 0 Å². The first-order chi connectivity index (χ1) is 6.33. The molecule has 0 radical (unpaired) electrons. The van der Waals surface area contributed by atoms with Gasteiger partial charge in [0.05, 0.1) is 7.11 Å². The second kappa shape index (κ2) is 4.45. The zero-order chi connectivity index (χ0) is 9.68. The van der Waals surface area contributed by atoms with Crippen molar-refractivity contribution < 1.29 is 4.74 Å². The van der Waals surface area contributed by atoms with Crippen LogP contribution in [0.5, 0.6) is 0 Å². The molecule has 0 atom stereocenters. The summed E-state index contributed by atoms with van der Waals surface area (Å²) < 4.78 is 5.13. The third-order valence-electron chi connectivity index (χ3n) is 1.81. The molecule has 0 spiro atoms. The molecule has 0 bridgehead atoms. The van der Waals surface area contributed by atoms with Crippen LogP contribution in [-0.4, -0.2) is 20.1 Å². The predicted octanol–water partition coefficient (Wildman–Crippen LogP) is 2.35. The van der Waals surface area contributed by atoms with Gasteiger partial charge in [0.2, 0.25) is 5.90 Å². The molecule has 0 amide bonds. The number of nitrogens with zero attached hydrogens (tertiary/aromatic N) is 1. The van der Waals surface area contributed by atoms with Crippen molar-refractivity contribution in [3.05, 3.63) is 42.0 Å². The Morgan fingerprint density at radius 3 is 2.69 bits per heavy atom. The summed E-state index contributed by atoms with van der Waals surface area (Å²) >= 11 is 0. The van der Waals surface area contributed by atoms with E-state index in [4.69, 9.17) is 4.74 Å². The van der Waals surface area contributed by atoms with E-state index in [1.54, 1.807) is 20.2 Å². The van der Waals surface area contributed by atoms with E-state index < -0.39 is 0 Å². The van der Waals surface area contributed by atoms with E-state index in [1.807, 2.05) is 24.3 Å². The molecule has 0 saturated carbocycles. The molecule has 0 aromatic heterocycles. The van der Waals surface area contributed by atoms with Gasteiger partial charge in [-0.2, -0.15) is 0 Å². The number of benzene rings is 1. The van der Waals surface area contributed by atoms with Gasteiger partial charge >= 0.3 is 0 Å². The van der Waals surface area contributed by atoms with E-state index in [9.17, 15) is 0 Å². The molecule has 0 N–H and O–H groups in total. The van der Waals surface area contributed by atoms with Crippen molar-refractivity contribution >= 4 is 12.0 Å². The van der Waals surface area contributed by atoms with Crippen molar-refractivity contribution in [3.63, 3.8) is 0 Å². The minimum atomic E-state index is 0.635. The van der Waals surface area contributed by atoms with Crippen LogP contribution in [0.1, 0.15) is 11.1 Å². The Labute approximate surface area is 78.6 Å². The first-order valence-corrected chi connectivity index (χ1v) is 4.06. The molecule has 2 nitrogen and oxygen atoms in total. The van der Waals surface area contributed by atoms with Crippen molar-refractivity contribution in [1.82, 2.24) is 0 Å². The Hall–Kier alpha value is -1.57. The van der Waals surface area contributed by atoms with Gasteiger partial charge in [0.15, 0.2) is 0 Å². The van der Waals surface area contributed by atoms with Gasteiger partial charge in [-0.1, -0.05) is 30.9 Å². The summed E-state index contributed by atoms with van der Waals surface area (Å²) in [5, 5.41) is 0. The van der Waals surface area contributed by atoms with Crippen LogP contribution >= 0.6 is 0 Å². The summed E-state index contributed by atoms with van der Waals surface area (Å²) in [7, 11) is 3.32. The molecule has 13 heavy (non-hydrogen) atoms. The fourth-order valence-electron chi connectivity index (χ4n) is 1.19. The van der Waals surface area contributed by atoms with Crippen LogP contribution in [0.3, 0.4) is 0 Å². The molecule has 2 heteroatoms.